The number of nitrogens with zero attached hydrogens (tertiary/aromatic N) is 4. The van der Waals surface area contributed by atoms with E-state index < -0.39 is 15.9 Å². The lowest BCUT2D eigenvalue weighted by Crippen LogP contribution is -2.32. The lowest BCUT2D eigenvalue weighted by atomic mass is 10.2. The quantitative estimate of drug-likeness (QED) is 0.196. The summed E-state index contributed by atoms with van der Waals surface area (Å²) in [6.45, 7) is 6.68. The number of sulfonamides is 1. The van der Waals surface area contributed by atoms with E-state index in [2.05, 4.69) is 10.1 Å². The zero-order valence-corrected chi connectivity index (χ0v) is 22.1. The number of amides is 1. The van der Waals surface area contributed by atoms with Crippen LogP contribution >= 0.6 is 11.3 Å². The first-order valence-corrected chi connectivity index (χ1v) is 14.0. The molecule has 0 aliphatic heterocycles. The maximum absolute atomic E-state index is 13.5. The SMILES string of the molecule is CCCCN(CC)S(=O)(=O)c1ccc(C(=O)N(/N=C/c2ccco2)c2nc3ccc(C)cc3s2)cc1. The van der Waals surface area contributed by atoms with Crippen LogP contribution in [-0.2, 0) is 10.0 Å². The molecule has 0 spiro atoms. The van der Waals surface area contributed by atoms with Gasteiger partial charge in [-0.2, -0.15) is 14.4 Å². The van der Waals surface area contributed by atoms with E-state index in [1.807, 2.05) is 39.0 Å². The monoisotopic (exact) mass is 524 g/mol. The van der Waals surface area contributed by atoms with Gasteiger partial charge in [-0.1, -0.05) is 37.7 Å². The summed E-state index contributed by atoms with van der Waals surface area (Å²) >= 11 is 1.35. The number of anilines is 1. The third-order valence-electron chi connectivity index (χ3n) is 5.60. The molecule has 2 heterocycles. The van der Waals surface area contributed by atoms with Crippen molar-refractivity contribution in [1.29, 1.82) is 0 Å². The zero-order valence-electron chi connectivity index (χ0n) is 20.4. The molecule has 10 heteroatoms. The summed E-state index contributed by atoms with van der Waals surface area (Å²) in [6.07, 6.45) is 4.65. The van der Waals surface area contributed by atoms with Crippen molar-refractivity contribution < 1.29 is 17.6 Å². The number of unbranched alkanes of at least 4 members (excludes halogenated alkanes) is 1. The predicted molar refractivity (Wildman–Crippen MR) is 143 cm³/mol. The molecule has 36 heavy (non-hydrogen) atoms. The van der Waals surface area contributed by atoms with Gasteiger partial charge in [0.15, 0.2) is 0 Å². The maximum Gasteiger partial charge on any atom is 0.280 e. The number of thiazole rings is 1. The van der Waals surface area contributed by atoms with E-state index >= 15 is 0 Å². The number of benzene rings is 2. The van der Waals surface area contributed by atoms with Crippen molar-refractivity contribution in [2.75, 3.05) is 18.1 Å². The van der Waals surface area contributed by atoms with E-state index in [1.54, 1.807) is 12.1 Å². The average Bonchev–Trinajstić information content (AvgIpc) is 3.54. The van der Waals surface area contributed by atoms with Crippen LogP contribution in [0, 0.1) is 6.92 Å². The third kappa shape index (κ3) is 5.56. The number of aromatic nitrogens is 1. The number of carbonyl (C=O) groups excluding carboxylic acids is 1. The highest BCUT2D eigenvalue weighted by Crippen LogP contribution is 2.31. The van der Waals surface area contributed by atoms with Crippen molar-refractivity contribution >= 4 is 48.8 Å². The second-order valence-corrected chi connectivity index (χ2v) is 11.2. The third-order valence-corrected chi connectivity index (χ3v) is 8.58. The van der Waals surface area contributed by atoms with Crippen LogP contribution in [0.15, 0.2) is 75.3 Å². The molecule has 8 nitrogen and oxygen atoms in total. The van der Waals surface area contributed by atoms with E-state index in [9.17, 15) is 13.2 Å². The molecule has 0 saturated heterocycles. The lowest BCUT2D eigenvalue weighted by molar-refractivity contribution is 0.0987. The fraction of sp³-hybridized carbons (Fsp3) is 0.269. The molecule has 0 N–H and O–H groups in total. The summed E-state index contributed by atoms with van der Waals surface area (Å²) in [6, 6.07) is 15.3. The van der Waals surface area contributed by atoms with E-state index in [1.165, 1.54) is 57.4 Å². The minimum Gasteiger partial charge on any atom is -0.463 e. The van der Waals surface area contributed by atoms with E-state index in [0.29, 0.717) is 24.0 Å². The zero-order chi connectivity index (χ0) is 25.7. The molecule has 1 amide bonds. The number of furan rings is 1. The Hall–Kier alpha value is -3.34. The van der Waals surface area contributed by atoms with Crippen molar-refractivity contribution in [3.63, 3.8) is 0 Å². The Bertz CT molecular complexity index is 1460. The predicted octanol–water partition coefficient (Wildman–Crippen LogP) is 5.69. The average molecular weight is 525 g/mol. The highest BCUT2D eigenvalue weighted by molar-refractivity contribution is 7.89. The van der Waals surface area contributed by atoms with Crippen LogP contribution in [0.1, 0.15) is 48.4 Å². The van der Waals surface area contributed by atoms with Gasteiger partial charge in [0.05, 0.1) is 27.6 Å². The normalized spacial score (nSPS) is 12.1. The lowest BCUT2D eigenvalue weighted by Gasteiger charge is -2.20. The molecule has 0 saturated carbocycles. The summed E-state index contributed by atoms with van der Waals surface area (Å²) in [5, 5.41) is 5.98. The molecule has 0 bridgehead atoms. The number of fused-ring (bicyclic) bond motifs is 1. The Morgan fingerprint density at radius 3 is 2.58 bits per heavy atom. The molecule has 2 aromatic carbocycles. The topological polar surface area (TPSA) is 96.1 Å². The Morgan fingerprint density at radius 1 is 1.14 bits per heavy atom. The molecule has 0 fully saturated rings. The van der Waals surface area contributed by atoms with Crippen LogP contribution in [0.4, 0.5) is 5.13 Å². The van der Waals surface area contributed by atoms with Gasteiger partial charge in [-0.3, -0.25) is 4.79 Å². The maximum atomic E-state index is 13.5. The first kappa shape index (κ1) is 25.7. The van der Waals surface area contributed by atoms with Gasteiger partial charge < -0.3 is 4.42 Å². The minimum absolute atomic E-state index is 0.151. The van der Waals surface area contributed by atoms with Gasteiger partial charge in [-0.25, -0.2) is 13.4 Å². The van der Waals surface area contributed by atoms with Crippen LogP contribution < -0.4 is 5.01 Å². The van der Waals surface area contributed by atoms with E-state index in [4.69, 9.17) is 4.42 Å². The molecule has 0 aliphatic carbocycles. The molecule has 0 radical (unpaired) electrons. The fourth-order valence-electron chi connectivity index (χ4n) is 3.60. The minimum atomic E-state index is -3.64. The molecule has 0 unspecified atom stereocenters. The highest BCUT2D eigenvalue weighted by atomic mass is 32.2. The van der Waals surface area contributed by atoms with Crippen LogP contribution in [0.3, 0.4) is 0 Å². The van der Waals surface area contributed by atoms with Gasteiger partial charge in [-0.15, -0.1) is 0 Å². The Balaban J connectivity index is 1.66. The summed E-state index contributed by atoms with van der Waals surface area (Å²) < 4.78 is 33.8. The number of hydrogen-bond acceptors (Lipinski definition) is 7. The number of hydrogen-bond donors (Lipinski definition) is 0. The second-order valence-electron chi connectivity index (χ2n) is 8.22. The van der Waals surface area contributed by atoms with E-state index in [0.717, 1.165) is 28.6 Å². The van der Waals surface area contributed by atoms with Gasteiger partial charge in [0.1, 0.15) is 5.76 Å². The van der Waals surface area contributed by atoms with Crippen molar-refractivity contribution in [3.8, 4) is 0 Å². The van der Waals surface area contributed by atoms with Crippen molar-refractivity contribution in [1.82, 2.24) is 9.29 Å². The van der Waals surface area contributed by atoms with Gasteiger partial charge in [-0.05, 0) is 67.4 Å². The molecular weight excluding hydrogens is 496 g/mol. The second kappa shape index (κ2) is 11.2. The number of carbonyl (C=O) groups is 1. The van der Waals surface area contributed by atoms with Gasteiger partial charge in [0, 0.05) is 18.7 Å². The molecular formula is C26H28N4O4S2. The number of aryl methyl sites for hydroxylation is 1. The van der Waals surface area contributed by atoms with Crippen molar-refractivity contribution in [2.45, 2.75) is 38.5 Å². The number of hydrazone groups is 1. The van der Waals surface area contributed by atoms with Gasteiger partial charge >= 0.3 is 0 Å². The fourth-order valence-corrected chi connectivity index (χ4v) is 6.11. The Labute approximate surface area is 214 Å². The van der Waals surface area contributed by atoms with Gasteiger partial charge in [0.25, 0.3) is 5.91 Å². The molecule has 2 aromatic heterocycles. The molecule has 4 aromatic rings. The van der Waals surface area contributed by atoms with Gasteiger partial charge in [0.2, 0.25) is 15.2 Å². The summed E-state index contributed by atoms with van der Waals surface area (Å²) in [4.78, 5) is 18.3. The molecule has 0 aliphatic rings. The summed E-state index contributed by atoms with van der Waals surface area (Å²) in [7, 11) is -3.64. The first-order chi connectivity index (χ1) is 17.3. The summed E-state index contributed by atoms with van der Waals surface area (Å²) in [5.74, 6) is 0.0498. The van der Waals surface area contributed by atoms with Crippen LogP contribution in [-0.4, -0.2) is 42.9 Å². The van der Waals surface area contributed by atoms with Crippen molar-refractivity contribution in [3.05, 3.63) is 77.7 Å². The smallest absolute Gasteiger partial charge is 0.280 e. The Morgan fingerprint density at radius 2 is 1.92 bits per heavy atom. The van der Waals surface area contributed by atoms with E-state index in [-0.39, 0.29) is 10.5 Å². The largest absolute Gasteiger partial charge is 0.463 e. The Kier molecular flexibility index (Phi) is 7.97. The first-order valence-electron chi connectivity index (χ1n) is 11.7. The van der Waals surface area contributed by atoms with Crippen LogP contribution in [0.5, 0.6) is 0 Å². The number of rotatable bonds is 10. The molecule has 4 rings (SSSR count). The molecule has 188 valence electrons. The van der Waals surface area contributed by atoms with Crippen LogP contribution in [0.25, 0.3) is 10.2 Å². The summed E-state index contributed by atoms with van der Waals surface area (Å²) in [5.41, 5.74) is 2.14. The van der Waals surface area contributed by atoms with Crippen LogP contribution in [0.2, 0.25) is 0 Å². The standard InChI is InChI=1S/C26H28N4O4S2/c1-4-6-15-29(5-2)36(32,33)22-12-10-20(11-13-22)25(31)30(27-18-21-8-7-16-34-21)26-28-23-14-9-19(3)17-24(23)35-26/h7-14,16-18H,4-6,15H2,1-3H3/b27-18+. The molecule has 0 atom stereocenters. The van der Waals surface area contributed by atoms with Crippen molar-refractivity contribution in [2.24, 2.45) is 5.10 Å². The highest BCUT2D eigenvalue weighted by Gasteiger charge is 2.25.